The maximum absolute atomic E-state index is 15.4. The van der Waals surface area contributed by atoms with Crippen LogP contribution in [0, 0.1) is 25.5 Å². The molecule has 1 N–H and O–H groups in total. The molecule has 0 unspecified atom stereocenters. The number of fused-ring (bicyclic) bond motifs is 1. The molecule has 3 aromatic heterocycles. The molecule has 202 valence electrons. The topological polar surface area (TPSA) is 75.6 Å². The lowest BCUT2D eigenvalue weighted by molar-refractivity contribution is 0.122. The third-order valence-corrected chi connectivity index (χ3v) is 7.28. The fourth-order valence-electron chi connectivity index (χ4n) is 5.22. The van der Waals surface area contributed by atoms with Gasteiger partial charge < -0.3 is 24.6 Å². The summed E-state index contributed by atoms with van der Waals surface area (Å²) in [6, 6.07) is 7.99. The van der Waals surface area contributed by atoms with Gasteiger partial charge in [0.2, 0.25) is 0 Å². The van der Waals surface area contributed by atoms with E-state index in [4.69, 9.17) is 14.5 Å². The molecule has 4 aromatic rings. The van der Waals surface area contributed by atoms with Crippen molar-refractivity contribution in [3.8, 4) is 11.4 Å². The first-order chi connectivity index (χ1) is 19.0. The van der Waals surface area contributed by atoms with Crippen molar-refractivity contribution >= 4 is 33.8 Å². The Hall–Kier alpha value is -3.89. The van der Waals surface area contributed by atoms with E-state index in [-0.39, 0.29) is 10.9 Å². The number of halogens is 2. The number of pyridine rings is 3. The molecule has 39 heavy (non-hydrogen) atoms. The highest BCUT2D eigenvalue weighted by Crippen LogP contribution is 2.40. The summed E-state index contributed by atoms with van der Waals surface area (Å²) < 4.78 is 40.9. The van der Waals surface area contributed by atoms with Crippen LogP contribution in [0.4, 0.5) is 31.7 Å². The van der Waals surface area contributed by atoms with Gasteiger partial charge in [0.05, 0.1) is 72.0 Å². The molecule has 0 amide bonds. The predicted octanol–water partition coefficient (Wildman–Crippen LogP) is 5.00. The van der Waals surface area contributed by atoms with Crippen LogP contribution in [0.5, 0.6) is 0 Å². The SMILES string of the molecule is Cc1cccnc1-c1nc2cc(F)cc(F)c2c(Nc2cc(N3CCOCC3)cnc2N2CCOCC2)c1C. The Morgan fingerprint density at radius 2 is 1.59 bits per heavy atom. The lowest BCUT2D eigenvalue weighted by Crippen LogP contribution is -2.38. The first-order valence-corrected chi connectivity index (χ1v) is 13.1. The summed E-state index contributed by atoms with van der Waals surface area (Å²) in [6.45, 7) is 9.20. The molecule has 5 heterocycles. The number of hydrogen-bond donors (Lipinski definition) is 1. The average Bonchev–Trinajstić information content (AvgIpc) is 2.95. The van der Waals surface area contributed by atoms with Crippen molar-refractivity contribution in [1.82, 2.24) is 15.0 Å². The van der Waals surface area contributed by atoms with Gasteiger partial charge >= 0.3 is 0 Å². The van der Waals surface area contributed by atoms with Crippen molar-refractivity contribution in [3.05, 3.63) is 65.5 Å². The highest BCUT2D eigenvalue weighted by Gasteiger charge is 2.23. The second-order valence-corrected chi connectivity index (χ2v) is 9.80. The molecule has 2 saturated heterocycles. The monoisotopic (exact) mass is 532 g/mol. The molecule has 1 aromatic carbocycles. The lowest BCUT2D eigenvalue weighted by Gasteiger charge is -2.32. The highest BCUT2D eigenvalue weighted by molar-refractivity contribution is 5.99. The zero-order valence-electron chi connectivity index (χ0n) is 22.0. The van der Waals surface area contributed by atoms with Gasteiger partial charge in [-0.25, -0.2) is 18.7 Å². The number of rotatable bonds is 5. The summed E-state index contributed by atoms with van der Waals surface area (Å²) in [5.74, 6) is -0.619. The zero-order valence-corrected chi connectivity index (χ0v) is 22.0. The van der Waals surface area contributed by atoms with Gasteiger partial charge in [-0.3, -0.25) is 4.98 Å². The summed E-state index contributed by atoms with van der Waals surface area (Å²) >= 11 is 0. The van der Waals surface area contributed by atoms with Crippen LogP contribution in [0.25, 0.3) is 22.3 Å². The molecule has 2 aliphatic heterocycles. The fourth-order valence-corrected chi connectivity index (χ4v) is 5.22. The van der Waals surface area contributed by atoms with Gasteiger partial charge in [0.25, 0.3) is 0 Å². The van der Waals surface area contributed by atoms with E-state index >= 15 is 4.39 Å². The molecule has 2 fully saturated rings. The van der Waals surface area contributed by atoms with Gasteiger partial charge in [0, 0.05) is 50.1 Å². The first-order valence-electron chi connectivity index (χ1n) is 13.1. The molecule has 0 spiro atoms. The molecule has 0 bridgehead atoms. The van der Waals surface area contributed by atoms with E-state index in [1.807, 2.05) is 38.2 Å². The number of aromatic nitrogens is 3. The van der Waals surface area contributed by atoms with E-state index in [0.717, 1.165) is 41.9 Å². The van der Waals surface area contributed by atoms with Crippen LogP contribution < -0.4 is 15.1 Å². The van der Waals surface area contributed by atoms with E-state index in [0.29, 0.717) is 62.2 Å². The smallest absolute Gasteiger partial charge is 0.152 e. The van der Waals surface area contributed by atoms with E-state index < -0.39 is 11.6 Å². The minimum atomic E-state index is -0.684. The lowest BCUT2D eigenvalue weighted by atomic mass is 10.0. The van der Waals surface area contributed by atoms with Gasteiger partial charge in [-0.2, -0.15) is 0 Å². The third kappa shape index (κ3) is 4.97. The van der Waals surface area contributed by atoms with E-state index in [1.54, 1.807) is 6.20 Å². The first kappa shape index (κ1) is 25.4. The standard InChI is InChI=1S/C29H30F2N6O2/c1-18-4-3-5-32-26(18)28-19(2)27(25-22(31)14-20(30)15-23(25)34-28)35-24-16-21(36-6-10-38-11-7-36)17-33-29(24)37-8-12-39-13-9-37/h3-5,14-17H,6-13H2,1-2H3,(H,34,35). The molecule has 0 atom stereocenters. The molecule has 0 aliphatic carbocycles. The Kier molecular flexibility index (Phi) is 6.97. The summed E-state index contributed by atoms with van der Waals surface area (Å²) in [5.41, 5.74) is 5.25. The van der Waals surface area contributed by atoms with Crippen LogP contribution >= 0.6 is 0 Å². The number of anilines is 4. The number of hydrogen-bond acceptors (Lipinski definition) is 8. The maximum Gasteiger partial charge on any atom is 0.152 e. The number of nitrogens with one attached hydrogen (secondary N) is 1. The molecular weight excluding hydrogens is 502 g/mol. The summed E-state index contributed by atoms with van der Waals surface area (Å²) in [6.07, 6.45) is 3.57. The maximum atomic E-state index is 15.4. The predicted molar refractivity (Wildman–Crippen MR) is 148 cm³/mol. The molecular formula is C29H30F2N6O2. The molecule has 10 heteroatoms. The van der Waals surface area contributed by atoms with Gasteiger partial charge in [-0.1, -0.05) is 6.07 Å². The minimum Gasteiger partial charge on any atom is -0.378 e. The second-order valence-electron chi connectivity index (χ2n) is 9.80. The summed E-state index contributed by atoms with van der Waals surface area (Å²) in [5, 5.41) is 3.74. The number of nitrogens with zero attached hydrogens (tertiary/aromatic N) is 5. The number of morpholine rings is 2. The summed E-state index contributed by atoms with van der Waals surface area (Å²) in [7, 11) is 0. The molecule has 6 rings (SSSR count). The van der Waals surface area contributed by atoms with Crippen LogP contribution in [-0.4, -0.2) is 67.6 Å². The normalized spacial score (nSPS) is 16.1. The molecule has 8 nitrogen and oxygen atoms in total. The zero-order chi connectivity index (χ0) is 26.9. The van der Waals surface area contributed by atoms with Crippen LogP contribution in [0.1, 0.15) is 11.1 Å². The number of ether oxygens (including phenoxy) is 2. The van der Waals surface area contributed by atoms with Crippen molar-refractivity contribution in [2.75, 3.05) is 67.7 Å². The van der Waals surface area contributed by atoms with Crippen molar-refractivity contribution in [2.45, 2.75) is 13.8 Å². The Bertz CT molecular complexity index is 1520. The minimum absolute atomic E-state index is 0.214. The Balaban J connectivity index is 1.54. The van der Waals surface area contributed by atoms with Gasteiger partial charge in [0.15, 0.2) is 5.82 Å². The molecule has 2 aliphatic rings. The third-order valence-electron chi connectivity index (χ3n) is 7.28. The molecule has 0 radical (unpaired) electrons. The number of aryl methyl sites for hydroxylation is 1. The number of benzene rings is 1. The van der Waals surface area contributed by atoms with Gasteiger partial charge in [-0.15, -0.1) is 0 Å². The quantitative estimate of drug-likeness (QED) is 0.385. The van der Waals surface area contributed by atoms with Crippen LogP contribution in [0.2, 0.25) is 0 Å². The highest BCUT2D eigenvalue weighted by atomic mass is 19.1. The Morgan fingerprint density at radius 1 is 0.872 bits per heavy atom. The Labute approximate surface area is 225 Å². The second kappa shape index (κ2) is 10.7. The van der Waals surface area contributed by atoms with Crippen LogP contribution in [0.3, 0.4) is 0 Å². The van der Waals surface area contributed by atoms with Gasteiger partial charge in [0.1, 0.15) is 11.6 Å². The van der Waals surface area contributed by atoms with Crippen molar-refractivity contribution in [2.24, 2.45) is 0 Å². The van der Waals surface area contributed by atoms with Crippen LogP contribution in [-0.2, 0) is 9.47 Å². The average molecular weight is 533 g/mol. The van der Waals surface area contributed by atoms with Crippen LogP contribution in [0.15, 0.2) is 42.7 Å². The Morgan fingerprint density at radius 3 is 2.31 bits per heavy atom. The largest absolute Gasteiger partial charge is 0.378 e. The fraction of sp³-hybridized carbons (Fsp3) is 0.345. The summed E-state index contributed by atoms with van der Waals surface area (Å²) in [4.78, 5) is 18.5. The van der Waals surface area contributed by atoms with E-state index in [2.05, 4.69) is 25.1 Å². The van der Waals surface area contributed by atoms with Gasteiger partial charge in [-0.05, 0) is 31.5 Å². The van der Waals surface area contributed by atoms with E-state index in [1.165, 1.54) is 6.07 Å². The van der Waals surface area contributed by atoms with Crippen molar-refractivity contribution in [1.29, 1.82) is 0 Å². The van der Waals surface area contributed by atoms with E-state index in [9.17, 15) is 4.39 Å². The van der Waals surface area contributed by atoms with Crippen molar-refractivity contribution < 1.29 is 18.3 Å². The van der Waals surface area contributed by atoms with Crippen molar-refractivity contribution in [3.63, 3.8) is 0 Å². The molecule has 0 saturated carbocycles.